The average Bonchev–Trinajstić information content (AvgIpc) is 3.19. The minimum Gasteiger partial charge on any atom is -0.465 e. The molecule has 4 atom stereocenters. The number of nitrogens with zero attached hydrogens (tertiary/aromatic N) is 1. The van der Waals surface area contributed by atoms with Crippen LogP contribution in [0.4, 0.5) is 9.59 Å². The molecule has 0 aliphatic carbocycles. The number of carboxylic acid groups (broad SMARTS) is 1. The van der Waals surface area contributed by atoms with Gasteiger partial charge in [-0.05, 0) is 37.3 Å². The molecule has 0 aromatic heterocycles. The third-order valence-corrected chi connectivity index (χ3v) is 7.80. The summed E-state index contributed by atoms with van der Waals surface area (Å²) in [5.74, 6) is -1.52. The van der Waals surface area contributed by atoms with Gasteiger partial charge in [-0.15, -0.1) is 0 Å². The normalized spacial score (nSPS) is 19.4. The molecule has 1 aliphatic heterocycles. The second-order valence-corrected chi connectivity index (χ2v) is 11.0. The minimum atomic E-state index is -1.07. The summed E-state index contributed by atoms with van der Waals surface area (Å²) in [4.78, 5) is 52.3. The second kappa shape index (κ2) is 14.0. The molecule has 2 aromatic carbocycles. The van der Waals surface area contributed by atoms with E-state index in [2.05, 4.69) is 10.6 Å². The summed E-state index contributed by atoms with van der Waals surface area (Å²) < 4.78 is 5.74. The number of alkyl carbamates (subject to hydrolysis) is 1. The number of hydrogen-bond acceptors (Lipinski definition) is 5. The Labute approximate surface area is 236 Å². The maximum atomic E-state index is 13.1. The summed E-state index contributed by atoms with van der Waals surface area (Å²) in [6, 6.07) is 17.3. The highest BCUT2D eigenvalue weighted by Gasteiger charge is 2.51. The lowest BCUT2D eigenvalue weighted by Crippen LogP contribution is -2.49. The van der Waals surface area contributed by atoms with Crippen LogP contribution in [0.15, 0.2) is 60.7 Å². The van der Waals surface area contributed by atoms with Gasteiger partial charge in [-0.3, -0.25) is 9.59 Å². The van der Waals surface area contributed by atoms with Crippen molar-refractivity contribution in [3.05, 3.63) is 71.8 Å². The van der Waals surface area contributed by atoms with Gasteiger partial charge >= 0.3 is 12.2 Å². The predicted molar refractivity (Wildman–Crippen MR) is 152 cm³/mol. The smallest absolute Gasteiger partial charge is 0.408 e. The molecule has 216 valence electrons. The van der Waals surface area contributed by atoms with Crippen LogP contribution in [0, 0.1) is 5.41 Å². The number of amides is 3. The van der Waals surface area contributed by atoms with Crippen molar-refractivity contribution < 1.29 is 29.0 Å². The molecule has 9 heteroatoms. The largest absolute Gasteiger partial charge is 0.465 e. The van der Waals surface area contributed by atoms with Crippen LogP contribution >= 0.6 is 0 Å². The van der Waals surface area contributed by atoms with E-state index in [1.54, 1.807) is 6.92 Å². The summed E-state index contributed by atoms with van der Waals surface area (Å²) in [5, 5.41) is 15.2. The molecule has 1 saturated heterocycles. The lowest BCUT2D eigenvalue weighted by Gasteiger charge is -2.33. The number of ether oxygens (including phenoxy) is 1. The lowest BCUT2D eigenvalue weighted by molar-refractivity contribution is -0.139. The Bertz CT molecular complexity index is 1150. The monoisotopic (exact) mass is 551 g/mol. The van der Waals surface area contributed by atoms with Crippen LogP contribution in [-0.2, 0) is 20.7 Å². The lowest BCUT2D eigenvalue weighted by atomic mass is 9.80. The molecular weight excluding hydrogens is 510 g/mol. The number of carbonyl (C=O) groups is 4. The van der Waals surface area contributed by atoms with Gasteiger partial charge in [0.25, 0.3) is 5.91 Å². The molecule has 3 amide bonds. The Hall–Kier alpha value is -3.88. The number of aryl methyl sites for hydroxylation is 1. The molecule has 0 spiro atoms. The van der Waals surface area contributed by atoms with Crippen LogP contribution in [-0.4, -0.2) is 58.6 Å². The van der Waals surface area contributed by atoms with Crippen LogP contribution in [0.25, 0.3) is 0 Å². The van der Waals surface area contributed by atoms with Crippen LogP contribution in [0.3, 0.4) is 0 Å². The van der Waals surface area contributed by atoms with E-state index in [1.807, 2.05) is 81.4 Å². The van der Waals surface area contributed by atoms with Crippen molar-refractivity contribution in [3.63, 3.8) is 0 Å². The van der Waals surface area contributed by atoms with E-state index in [4.69, 9.17) is 4.74 Å². The van der Waals surface area contributed by atoms with Crippen LogP contribution in [0.2, 0.25) is 0 Å². The number of ketones is 1. The molecule has 0 radical (unpaired) electrons. The molecule has 3 N–H and O–H groups in total. The van der Waals surface area contributed by atoms with E-state index >= 15 is 0 Å². The highest BCUT2D eigenvalue weighted by molar-refractivity contribution is 6.38. The number of likely N-dealkylation sites (tertiary alicyclic amines) is 1. The number of rotatable bonds is 12. The van der Waals surface area contributed by atoms with Gasteiger partial charge in [0, 0.05) is 11.5 Å². The van der Waals surface area contributed by atoms with E-state index < -0.39 is 41.4 Å². The zero-order valence-corrected chi connectivity index (χ0v) is 23.8. The molecule has 1 unspecified atom stereocenters. The number of hydrogen-bond donors (Lipinski definition) is 3. The van der Waals surface area contributed by atoms with E-state index in [-0.39, 0.29) is 25.0 Å². The van der Waals surface area contributed by atoms with Gasteiger partial charge in [0.2, 0.25) is 5.78 Å². The molecule has 0 bridgehead atoms. The van der Waals surface area contributed by atoms with Crippen LogP contribution in [0.1, 0.15) is 70.5 Å². The zero-order chi connectivity index (χ0) is 29.3. The van der Waals surface area contributed by atoms with Crippen LogP contribution in [0.5, 0.6) is 0 Å². The number of nitrogens with one attached hydrogen (secondary N) is 2. The quantitative estimate of drug-likeness (QED) is 0.315. The second-order valence-electron chi connectivity index (χ2n) is 11.0. The fourth-order valence-corrected chi connectivity index (χ4v) is 5.27. The van der Waals surface area contributed by atoms with Crippen molar-refractivity contribution in [2.45, 2.75) is 84.0 Å². The topological polar surface area (TPSA) is 125 Å². The van der Waals surface area contributed by atoms with E-state index in [1.165, 1.54) is 4.90 Å². The SMILES string of the molecule is CCCC[C@H](NC(=O)O[C@@H]1CN(C(=O)O)C(CCc2ccccc2)C1(C)C)C(=O)C(=O)N[C@H](C)c1ccccc1. The number of carbonyl (C=O) groups excluding carboxylic acids is 3. The number of Topliss-reactive ketones (excluding diaryl/α,β-unsaturated/α-hetero) is 1. The molecule has 2 aromatic rings. The molecule has 40 heavy (non-hydrogen) atoms. The van der Waals surface area contributed by atoms with Gasteiger partial charge in [0.1, 0.15) is 12.1 Å². The highest BCUT2D eigenvalue weighted by Crippen LogP contribution is 2.40. The molecule has 1 heterocycles. The molecular formula is C31H41N3O6. The molecule has 1 aliphatic rings. The van der Waals surface area contributed by atoms with Crippen molar-refractivity contribution >= 4 is 23.9 Å². The first-order valence-corrected chi connectivity index (χ1v) is 13.9. The maximum absolute atomic E-state index is 13.1. The number of unbranched alkanes of at least 4 members (excludes halogenated alkanes) is 1. The van der Waals surface area contributed by atoms with Crippen molar-refractivity contribution in [3.8, 4) is 0 Å². The average molecular weight is 552 g/mol. The van der Waals surface area contributed by atoms with E-state index in [0.29, 0.717) is 19.3 Å². The molecule has 1 fully saturated rings. The van der Waals surface area contributed by atoms with Crippen molar-refractivity contribution in [2.75, 3.05) is 6.54 Å². The summed E-state index contributed by atoms with van der Waals surface area (Å²) in [7, 11) is 0. The Morgan fingerprint density at radius 2 is 1.65 bits per heavy atom. The fourth-order valence-electron chi connectivity index (χ4n) is 5.27. The van der Waals surface area contributed by atoms with Gasteiger partial charge in [0.15, 0.2) is 0 Å². The van der Waals surface area contributed by atoms with Crippen LogP contribution < -0.4 is 10.6 Å². The first-order valence-electron chi connectivity index (χ1n) is 13.9. The molecule has 3 rings (SSSR count). The predicted octanol–water partition coefficient (Wildman–Crippen LogP) is 5.11. The zero-order valence-electron chi connectivity index (χ0n) is 23.8. The van der Waals surface area contributed by atoms with Gasteiger partial charge in [0.05, 0.1) is 12.6 Å². The fraction of sp³-hybridized carbons (Fsp3) is 0.484. The van der Waals surface area contributed by atoms with Gasteiger partial charge < -0.3 is 25.4 Å². The molecule has 0 saturated carbocycles. The first-order chi connectivity index (χ1) is 19.0. The molecule has 9 nitrogen and oxygen atoms in total. The number of benzene rings is 2. The summed E-state index contributed by atoms with van der Waals surface area (Å²) in [5.41, 5.74) is 1.29. The summed E-state index contributed by atoms with van der Waals surface area (Å²) in [6.45, 7) is 7.55. The Kier molecular flexibility index (Phi) is 10.7. The standard InChI is InChI=1S/C31H41N3O6/c1-5-6-17-24(27(35)28(36)32-21(2)23-15-11-8-12-16-23)33-29(37)40-26-20-34(30(38)39)25(31(26,3)4)19-18-22-13-9-7-10-14-22/h7-16,21,24-26H,5-6,17-20H2,1-4H3,(H,32,36)(H,33,37)(H,38,39)/t21-,24+,25?,26-/m1/s1. The highest BCUT2D eigenvalue weighted by atomic mass is 16.6. The third-order valence-electron chi connectivity index (χ3n) is 7.80. The summed E-state index contributed by atoms with van der Waals surface area (Å²) >= 11 is 0. The Balaban J connectivity index is 1.65. The summed E-state index contributed by atoms with van der Waals surface area (Å²) in [6.07, 6.45) is 0.300. The van der Waals surface area contributed by atoms with Crippen molar-refractivity contribution in [1.82, 2.24) is 15.5 Å². The van der Waals surface area contributed by atoms with E-state index in [9.17, 15) is 24.3 Å². The van der Waals surface area contributed by atoms with Gasteiger partial charge in [-0.1, -0.05) is 94.3 Å². The third kappa shape index (κ3) is 7.83. The Morgan fingerprint density at radius 1 is 1.02 bits per heavy atom. The van der Waals surface area contributed by atoms with Gasteiger partial charge in [-0.2, -0.15) is 0 Å². The Morgan fingerprint density at radius 3 is 2.25 bits per heavy atom. The van der Waals surface area contributed by atoms with E-state index in [0.717, 1.165) is 17.5 Å². The van der Waals surface area contributed by atoms with Gasteiger partial charge in [-0.25, -0.2) is 9.59 Å². The van der Waals surface area contributed by atoms with Crippen molar-refractivity contribution in [1.29, 1.82) is 0 Å². The van der Waals surface area contributed by atoms with Crippen molar-refractivity contribution in [2.24, 2.45) is 5.41 Å². The first kappa shape index (κ1) is 30.7. The maximum Gasteiger partial charge on any atom is 0.408 e. The minimum absolute atomic E-state index is 0.0257.